The largest absolute Gasteiger partial charge is 0.391 e. The van der Waals surface area contributed by atoms with Gasteiger partial charge in [-0.3, -0.25) is 0 Å². The summed E-state index contributed by atoms with van der Waals surface area (Å²) in [6, 6.07) is -0.168. The summed E-state index contributed by atoms with van der Waals surface area (Å²) in [6.07, 6.45) is -7.17. The second-order valence-electron chi connectivity index (χ2n) is 15.6. The van der Waals surface area contributed by atoms with E-state index in [-0.39, 0.29) is 36.5 Å². The van der Waals surface area contributed by atoms with E-state index in [1.54, 1.807) is 21.0 Å². The normalized spacial score (nSPS) is 53.2. The van der Waals surface area contributed by atoms with Gasteiger partial charge >= 0.3 is 0 Å². The Balaban J connectivity index is 1.77. The molecule has 0 aromatic carbocycles. The average Bonchev–Trinajstić information content (AvgIpc) is 3.29. The maximum atomic E-state index is 11.6. The molecule has 270 valence electrons. The highest BCUT2D eigenvalue weighted by molar-refractivity contribution is 5.03. The molecule has 0 aromatic heterocycles. The van der Waals surface area contributed by atoms with Crippen molar-refractivity contribution in [1.29, 1.82) is 0 Å². The average molecular weight is 662 g/mol. The number of aliphatic hydroxyl groups excluding tert-OH is 4. The van der Waals surface area contributed by atoms with Crippen molar-refractivity contribution in [2.24, 2.45) is 23.7 Å². The zero-order chi connectivity index (χ0) is 34.5. The fourth-order valence-electron chi connectivity index (χ4n) is 8.64. The van der Waals surface area contributed by atoms with Crippen molar-refractivity contribution in [3.05, 3.63) is 0 Å². The van der Waals surface area contributed by atoms with Crippen LogP contribution >= 0.6 is 0 Å². The first-order valence-electron chi connectivity index (χ1n) is 17.2. The van der Waals surface area contributed by atoms with E-state index >= 15 is 0 Å². The zero-order valence-corrected chi connectivity index (χ0v) is 30.0. The van der Waals surface area contributed by atoms with E-state index in [1.165, 1.54) is 0 Å². The number of likely N-dealkylation sites (N-methyl/N-ethyl adjacent to an activating group) is 1. The van der Waals surface area contributed by atoms with E-state index in [0.717, 1.165) is 0 Å². The van der Waals surface area contributed by atoms with Crippen LogP contribution in [-0.4, -0.2) is 138 Å². The monoisotopic (exact) mass is 661 g/mol. The molecule has 46 heavy (non-hydrogen) atoms. The molecule has 4 heterocycles. The molecule has 0 saturated carbocycles. The van der Waals surface area contributed by atoms with Crippen LogP contribution in [0.4, 0.5) is 0 Å². The third kappa shape index (κ3) is 7.63. The minimum atomic E-state index is -1.30. The maximum absolute atomic E-state index is 11.6. The van der Waals surface area contributed by atoms with Crippen molar-refractivity contribution in [2.75, 3.05) is 21.2 Å². The number of hydrogen-bond acceptors (Lipinski definition) is 12. The Hall–Kier alpha value is -0.480. The minimum absolute atomic E-state index is 0.0774. The Morgan fingerprint density at radius 3 is 2.11 bits per heavy atom. The van der Waals surface area contributed by atoms with Gasteiger partial charge in [0.2, 0.25) is 0 Å². The van der Waals surface area contributed by atoms with Crippen molar-refractivity contribution in [2.45, 2.75) is 173 Å². The second-order valence-corrected chi connectivity index (χ2v) is 15.6. The van der Waals surface area contributed by atoms with Crippen molar-refractivity contribution in [1.82, 2.24) is 4.90 Å². The van der Waals surface area contributed by atoms with Crippen LogP contribution in [0.15, 0.2) is 0 Å². The molecule has 2 bridgehead atoms. The number of hydrogen-bond donors (Lipinski definition) is 4. The van der Waals surface area contributed by atoms with Crippen LogP contribution in [0.2, 0.25) is 0 Å². The summed E-state index contributed by atoms with van der Waals surface area (Å²) in [4.78, 5) is 2.00. The number of aliphatic hydroxyl groups is 4. The van der Waals surface area contributed by atoms with Crippen molar-refractivity contribution in [3.8, 4) is 0 Å². The molecule has 4 saturated heterocycles. The van der Waals surface area contributed by atoms with E-state index in [1.807, 2.05) is 60.5 Å². The molecule has 4 rings (SSSR count). The van der Waals surface area contributed by atoms with Gasteiger partial charge in [0.25, 0.3) is 0 Å². The smallest absolute Gasteiger partial charge is 0.185 e. The van der Waals surface area contributed by atoms with E-state index in [4.69, 9.17) is 33.2 Å². The molecule has 0 spiro atoms. The molecule has 7 unspecified atom stereocenters. The minimum Gasteiger partial charge on any atom is -0.391 e. The first kappa shape index (κ1) is 38.3. The Morgan fingerprint density at radius 2 is 1.52 bits per heavy atom. The van der Waals surface area contributed by atoms with Crippen molar-refractivity contribution in [3.63, 3.8) is 0 Å². The second kappa shape index (κ2) is 14.8. The lowest BCUT2D eigenvalue weighted by molar-refractivity contribution is -0.323. The highest BCUT2D eigenvalue weighted by atomic mass is 16.7. The molecule has 0 radical (unpaired) electrons. The topological polar surface area (TPSA) is 149 Å². The number of ether oxygens (including phenoxy) is 7. The molecule has 12 heteroatoms. The number of nitrogens with zero attached hydrogens (tertiary/aromatic N) is 1. The Bertz CT molecular complexity index is 989. The quantitative estimate of drug-likeness (QED) is 0.317. The number of rotatable bonds is 7. The predicted octanol–water partition coefficient (Wildman–Crippen LogP) is 2.27. The highest BCUT2D eigenvalue weighted by Gasteiger charge is 2.57. The van der Waals surface area contributed by atoms with Crippen molar-refractivity contribution >= 4 is 0 Å². The molecule has 4 fully saturated rings. The SMILES string of the molecule is COC1(C)C[C@H](O[C@@H]2[C@@H](C)[C@@H](O)O[C@@H]([C@H](C)O)[C@@H](C)C3OC(C)(C[C@@H]3C)[C@H](O[C@@H]3OC(C)CC(N(C)C)C3O)[C@H]2C)OC(C)[C@@H]1O. The fraction of sp³-hybridized carbons (Fsp3) is 1.00. The summed E-state index contributed by atoms with van der Waals surface area (Å²) in [5.41, 5.74) is -1.76. The summed E-state index contributed by atoms with van der Waals surface area (Å²) in [5.74, 6) is -1.23. The fourth-order valence-corrected chi connectivity index (χ4v) is 8.64. The molecule has 0 aromatic rings. The molecule has 4 aliphatic rings. The number of methoxy groups -OCH3 is 1. The lowest BCUT2D eigenvalue weighted by atomic mass is 9.77. The number of fused-ring (bicyclic) bond motifs is 2. The van der Waals surface area contributed by atoms with Crippen molar-refractivity contribution < 1.29 is 53.6 Å². The molecular weight excluding hydrogens is 598 g/mol. The van der Waals surface area contributed by atoms with Gasteiger partial charge in [-0.15, -0.1) is 0 Å². The van der Waals surface area contributed by atoms with Gasteiger partial charge in [0.1, 0.15) is 12.2 Å². The van der Waals surface area contributed by atoms with E-state index < -0.39 is 84.6 Å². The first-order valence-corrected chi connectivity index (χ1v) is 17.2. The predicted molar refractivity (Wildman–Crippen MR) is 170 cm³/mol. The summed E-state index contributed by atoms with van der Waals surface area (Å²) in [7, 11) is 5.44. The highest BCUT2D eigenvalue weighted by Crippen LogP contribution is 2.48. The van der Waals surface area contributed by atoms with Crippen LogP contribution in [0.1, 0.15) is 81.6 Å². The van der Waals surface area contributed by atoms with E-state index in [9.17, 15) is 20.4 Å². The Kier molecular flexibility index (Phi) is 12.3. The van der Waals surface area contributed by atoms with Crippen LogP contribution < -0.4 is 0 Å². The van der Waals surface area contributed by atoms with Gasteiger partial charge in [0.05, 0.1) is 53.9 Å². The van der Waals surface area contributed by atoms with E-state index in [0.29, 0.717) is 12.8 Å². The summed E-state index contributed by atoms with van der Waals surface area (Å²) >= 11 is 0. The lowest BCUT2D eigenvalue weighted by Crippen LogP contribution is -2.60. The van der Waals surface area contributed by atoms with Gasteiger partial charge in [-0.25, -0.2) is 0 Å². The third-order valence-corrected chi connectivity index (χ3v) is 11.4. The van der Waals surface area contributed by atoms with Gasteiger partial charge in [-0.2, -0.15) is 0 Å². The van der Waals surface area contributed by atoms with Gasteiger partial charge in [-0.1, -0.05) is 27.7 Å². The van der Waals surface area contributed by atoms with Crippen LogP contribution in [0.5, 0.6) is 0 Å². The van der Waals surface area contributed by atoms with Gasteiger partial charge in [0, 0.05) is 37.3 Å². The van der Waals surface area contributed by atoms with Gasteiger partial charge < -0.3 is 58.5 Å². The standard InChI is InChI=1S/C34H63NO11/c1-16-14-34(9)30(45-32-25(37)23(35(10)11)13-17(2)41-32)19(4)27(43-24-15-33(8,40-12)29(38)22(7)42-24)20(5)31(39)44-28(21(6)36)18(3)26(16)46-34/h16-32,36-39H,13-15H2,1-12H3/t16-,17?,18-,19-,20+,21-,22?,23?,24-,25?,26?,27-,28+,29-,30+,31-,32-,33?,34?/m0/s1. The van der Waals surface area contributed by atoms with Crippen LogP contribution in [-0.2, 0) is 33.2 Å². The van der Waals surface area contributed by atoms with Gasteiger partial charge in [0.15, 0.2) is 18.9 Å². The van der Waals surface area contributed by atoms with E-state index in [2.05, 4.69) is 6.92 Å². The van der Waals surface area contributed by atoms with Crippen LogP contribution in [0, 0.1) is 23.7 Å². The molecule has 0 amide bonds. The lowest BCUT2D eigenvalue weighted by Gasteiger charge is -2.49. The Labute approximate surface area is 275 Å². The first-order chi connectivity index (χ1) is 21.3. The molecule has 0 aliphatic carbocycles. The maximum Gasteiger partial charge on any atom is 0.185 e. The van der Waals surface area contributed by atoms with Crippen LogP contribution in [0.3, 0.4) is 0 Å². The summed E-state index contributed by atoms with van der Waals surface area (Å²) in [5, 5.41) is 44.8. The summed E-state index contributed by atoms with van der Waals surface area (Å²) in [6.45, 7) is 17.2. The molecule has 4 N–H and O–H groups in total. The molecule has 19 atom stereocenters. The molecule has 4 aliphatic heterocycles. The summed E-state index contributed by atoms with van der Waals surface area (Å²) < 4.78 is 45.0. The van der Waals surface area contributed by atoms with Crippen LogP contribution in [0.25, 0.3) is 0 Å². The molecular formula is C34H63NO11. The zero-order valence-electron chi connectivity index (χ0n) is 30.0. The molecule has 12 nitrogen and oxygen atoms in total. The third-order valence-electron chi connectivity index (χ3n) is 11.4. The Morgan fingerprint density at radius 1 is 0.870 bits per heavy atom. The van der Waals surface area contributed by atoms with Gasteiger partial charge in [-0.05, 0) is 67.5 Å².